The molecule has 0 fully saturated rings. The molecule has 140 valence electrons. The first-order valence-electron chi connectivity index (χ1n) is 8.31. The molecule has 1 amide bonds. The first kappa shape index (κ1) is 22.0. The van der Waals surface area contributed by atoms with Crippen molar-refractivity contribution in [2.24, 2.45) is 0 Å². The first-order chi connectivity index (χ1) is 11.8. The van der Waals surface area contributed by atoms with Crippen molar-refractivity contribution in [1.29, 1.82) is 0 Å². The van der Waals surface area contributed by atoms with Crippen LogP contribution in [0.4, 0.5) is 0 Å². The van der Waals surface area contributed by atoms with Gasteiger partial charge in [-0.25, -0.2) is 4.98 Å². The van der Waals surface area contributed by atoms with Gasteiger partial charge in [-0.05, 0) is 49.4 Å². The fourth-order valence-electron chi connectivity index (χ4n) is 2.61. The number of halogens is 2. The van der Waals surface area contributed by atoms with Crippen molar-refractivity contribution in [2.75, 3.05) is 19.6 Å². The summed E-state index contributed by atoms with van der Waals surface area (Å²) in [6, 6.07) is 15.6. The van der Waals surface area contributed by atoms with E-state index >= 15 is 0 Å². The summed E-state index contributed by atoms with van der Waals surface area (Å²) in [5, 5.41) is 6.18. The molecule has 0 aliphatic carbocycles. The lowest BCUT2D eigenvalue weighted by atomic mass is 10.2. The third-order valence-electron chi connectivity index (χ3n) is 3.88. The highest BCUT2D eigenvalue weighted by atomic mass is 35.5. The van der Waals surface area contributed by atoms with Gasteiger partial charge in [0.15, 0.2) is 0 Å². The van der Waals surface area contributed by atoms with Crippen LogP contribution < -0.4 is 10.6 Å². The molecule has 2 N–H and O–H groups in total. The van der Waals surface area contributed by atoms with Crippen LogP contribution in [0.2, 0.25) is 0 Å². The summed E-state index contributed by atoms with van der Waals surface area (Å²) in [7, 11) is 0. The van der Waals surface area contributed by atoms with Crippen LogP contribution in [0.5, 0.6) is 0 Å². The molecule has 0 saturated heterocycles. The van der Waals surface area contributed by atoms with E-state index in [0.29, 0.717) is 12.1 Å². The summed E-state index contributed by atoms with van der Waals surface area (Å²) >= 11 is 0. The molecule has 0 aliphatic rings. The Morgan fingerprint density at radius 1 is 1.00 bits per heavy atom. The van der Waals surface area contributed by atoms with E-state index in [1.807, 2.05) is 53.1 Å². The van der Waals surface area contributed by atoms with Gasteiger partial charge in [-0.15, -0.1) is 24.8 Å². The van der Waals surface area contributed by atoms with Gasteiger partial charge in [0.25, 0.3) is 5.91 Å². The van der Waals surface area contributed by atoms with Crippen LogP contribution in [0.3, 0.4) is 0 Å². The van der Waals surface area contributed by atoms with Crippen molar-refractivity contribution < 1.29 is 4.79 Å². The third-order valence-corrected chi connectivity index (χ3v) is 3.88. The lowest BCUT2D eigenvalue weighted by molar-refractivity contribution is 0.0954. The van der Waals surface area contributed by atoms with Crippen molar-refractivity contribution in [3.8, 4) is 5.69 Å². The minimum Gasteiger partial charge on any atom is -0.351 e. The van der Waals surface area contributed by atoms with Gasteiger partial charge in [-0.1, -0.05) is 19.1 Å². The average molecular weight is 395 g/mol. The van der Waals surface area contributed by atoms with Gasteiger partial charge in [0, 0.05) is 24.3 Å². The maximum absolute atomic E-state index is 12.1. The summed E-state index contributed by atoms with van der Waals surface area (Å²) in [5.41, 5.74) is 3.67. The lowest BCUT2D eigenvalue weighted by Crippen LogP contribution is -2.32. The van der Waals surface area contributed by atoms with Crippen molar-refractivity contribution in [3.63, 3.8) is 0 Å². The van der Waals surface area contributed by atoms with Crippen LogP contribution in [0.25, 0.3) is 16.7 Å². The number of fused-ring (bicyclic) bond motifs is 1. The smallest absolute Gasteiger partial charge is 0.251 e. The molecule has 3 aromatic rings. The number of carbonyl (C=O) groups excluding carboxylic acids is 1. The molecule has 0 aliphatic heterocycles. The Bertz CT molecular complexity index is 818. The minimum absolute atomic E-state index is 0. The largest absolute Gasteiger partial charge is 0.351 e. The monoisotopic (exact) mass is 394 g/mol. The van der Waals surface area contributed by atoms with Crippen LogP contribution >= 0.6 is 24.8 Å². The highest BCUT2D eigenvalue weighted by Crippen LogP contribution is 2.18. The molecule has 7 heteroatoms. The zero-order chi connectivity index (χ0) is 16.8. The molecular weight excluding hydrogens is 371 g/mol. The molecule has 0 atom stereocenters. The predicted molar refractivity (Wildman–Crippen MR) is 111 cm³/mol. The molecule has 0 spiro atoms. The number of imidazole rings is 1. The number of nitrogens with one attached hydrogen (secondary N) is 2. The van der Waals surface area contributed by atoms with Crippen LogP contribution in [0.15, 0.2) is 54.9 Å². The van der Waals surface area contributed by atoms with Crippen LogP contribution in [-0.2, 0) is 0 Å². The lowest BCUT2D eigenvalue weighted by Gasteiger charge is -2.08. The van der Waals surface area contributed by atoms with E-state index in [4.69, 9.17) is 0 Å². The highest BCUT2D eigenvalue weighted by Gasteiger charge is 2.07. The van der Waals surface area contributed by atoms with Gasteiger partial charge in [-0.2, -0.15) is 0 Å². The molecule has 3 rings (SSSR count). The van der Waals surface area contributed by atoms with E-state index in [2.05, 4.69) is 22.5 Å². The number of hydrogen-bond donors (Lipinski definition) is 2. The van der Waals surface area contributed by atoms with Crippen LogP contribution in [-0.4, -0.2) is 35.1 Å². The van der Waals surface area contributed by atoms with Gasteiger partial charge >= 0.3 is 0 Å². The van der Waals surface area contributed by atoms with E-state index in [9.17, 15) is 4.79 Å². The number of para-hydroxylation sites is 2. The second kappa shape index (κ2) is 10.8. The van der Waals surface area contributed by atoms with Crippen LogP contribution in [0.1, 0.15) is 23.7 Å². The topological polar surface area (TPSA) is 58.9 Å². The Morgan fingerprint density at radius 3 is 2.46 bits per heavy atom. The summed E-state index contributed by atoms with van der Waals surface area (Å²) in [4.78, 5) is 16.5. The van der Waals surface area contributed by atoms with Gasteiger partial charge < -0.3 is 10.6 Å². The Kier molecular flexibility index (Phi) is 9.13. The second-order valence-corrected chi connectivity index (χ2v) is 5.66. The SMILES string of the molecule is CCCNCCNC(=O)c1ccc(-n2cnc3ccccc32)cc1.Cl.Cl. The summed E-state index contributed by atoms with van der Waals surface area (Å²) in [5.74, 6) is -0.0460. The Morgan fingerprint density at radius 2 is 1.73 bits per heavy atom. The Balaban J connectivity index is 0.00000169. The number of hydrogen-bond acceptors (Lipinski definition) is 3. The molecule has 2 aromatic carbocycles. The zero-order valence-corrected chi connectivity index (χ0v) is 16.3. The van der Waals surface area contributed by atoms with Crippen LogP contribution in [0, 0.1) is 0 Å². The molecule has 26 heavy (non-hydrogen) atoms. The number of aromatic nitrogens is 2. The van der Waals surface area contributed by atoms with Gasteiger partial charge in [0.1, 0.15) is 6.33 Å². The van der Waals surface area contributed by atoms with Crippen molar-refractivity contribution in [1.82, 2.24) is 20.2 Å². The maximum Gasteiger partial charge on any atom is 0.251 e. The zero-order valence-electron chi connectivity index (χ0n) is 14.6. The highest BCUT2D eigenvalue weighted by molar-refractivity contribution is 5.94. The molecule has 5 nitrogen and oxygen atoms in total. The molecule has 1 aromatic heterocycles. The van der Waals surface area contributed by atoms with E-state index in [-0.39, 0.29) is 30.7 Å². The van der Waals surface area contributed by atoms with Crippen molar-refractivity contribution in [3.05, 3.63) is 60.4 Å². The van der Waals surface area contributed by atoms with Gasteiger partial charge in [0.05, 0.1) is 11.0 Å². The standard InChI is InChI=1S/C19H22N4O.2ClH/c1-2-11-20-12-13-21-19(24)15-7-9-16(10-8-15)23-14-22-17-5-3-4-6-18(17)23;;/h3-10,14,20H,2,11-13H2,1H3,(H,21,24);2*1H. The first-order valence-corrected chi connectivity index (χ1v) is 8.31. The number of rotatable bonds is 7. The molecule has 0 unspecified atom stereocenters. The Hall–Kier alpha value is -2.08. The summed E-state index contributed by atoms with van der Waals surface area (Å²) < 4.78 is 2.02. The number of carbonyl (C=O) groups is 1. The number of benzene rings is 2. The van der Waals surface area contributed by atoms with Gasteiger partial charge in [0.2, 0.25) is 0 Å². The summed E-state index contributed by atoms with van der Waals surface area (Å²) in [6.45, 7) is 4.52. The molecule has 0 saturated carbocycles. The van der Waals surface area contributed by atoms with Crippen molar-refractivity contribution >= 4 is 41.8 Å². The third kappa shape index (κ3) is 5.21. The predicted octanol–water partition coefficient (Wildman–Crippen LogP) is 3.60. The normalized spacial score (nSPS) is 10.0. The number of nitrogens with zero attached hydrogens (tertiary/aromatic N) is 2. The second-order valence-electron chi connectivity index (χ2n) is 5.66. The fraction of sp³-hybridized carbons (Fsp3) is 0.263. The quantitative estimate of drug-likeness (QED) is 0.601. The fourth-order valence-corrected chi connectivity index (χ4v) is 2.61. The molecule has 0 bridgehead atoms. The summed E-state index contributed by atoms with van der Waals surface area (Å²) in [6.07, 6.45) is 2.90. The molecular formula is C19H24Cl2N4O. The minimum atomic E-state index is -0.0460. The Labute approximate surface area is 166 Å². The van der Waals surface area contributed by atoms with E-state index < -0.39 is 0 Å². The molecule has 1 heterocycles. The average Bonchev–Trinajstić information content (AvgIpc) is 3.05. The van der Waals surface area contributed by atoms with E-state index in [1.54, 1.807) is 6.33 Å². The van der Waals surface area contributed by atoms with E-state index in [1.165, 1.54) is 0 Å². The molecule has 0 radical (unpaired) electrons. The van der Waals surface area contributed by atoms with Gasteiger partial charge in [-0.3, -0.25) is 9.36 Å². The number of amides is 1. The van der Waals surface area contributed by atoms with Crippen molar-refractivity contribution in [2.45, 2.75) is 13.3 Å². The van der Waals surface area contributed by atoms with E-state index in [0.717, 1.165) is 36.2 Å². The maximum atomic E-state index is 12.1.